The van der Waals surface area contributed by atoms with Gasteiger partial charge in [0.1, 0.15) is 11.5 Å². The van der Waals surface area contributed by atoms with E-state index >= 15 is 0 Å². The summed E-state index contributed by atoms with van der Waals surface area (Å²) < 4.78 is 10.7. The van der Waals surface area contributed by atoms with E-state index in [4.69, 9.17) is 9.47 Å². The van der Waals surface area contributed by atoms with Crippen LogP contribution in [0.5, 0.6) is 11.5 Å². The van der Waals surface area contributed by atoms with Gasteiger partial charge in [-0.3, -0.25) is 0 Å². The lowest BCUT2D eigenvalue weighted by atomic mass is 9.96. The molecule has 2 rings (SSSR count). The number of phenols is 1. The molecule has 1 atom stereocenters. The van der Waals surface area contributed by atoms with Crippen LogP contribution in [0.3, 0.4) is 0 Å². The molecule has 0 bridgehead atoms. The van der Waals surface area contributed by atoms with E-state index in [1.165, 1.54) is 0 Å². The zero-order valence-electron chi connectivity index (χ0n) is 9.33. The van der Waals surface area contributed by atoms with Crippen molar-refractivity contribution in [2.45, 2.75) is 33.0 Å². The molecule has 1 aromatic carbocycles. The van der Waals surface area contributed by atoms with Crippen molar-refractivity contribution in [2.75, 3.05) is 7.11 Å². The van der Waals surface area contributed by atoms with Gasteiger partial charge in [-0.1, -0.05) is 0 Å². The van der Waals surface area contributed by atoms with Gasteiger partial charge in [0.2, 0.25) is 0 Å². The summed E-state index contributed by atoms with van der Waals surface area (Å²) in [6.45, 7) is 4.38. The van der Waals surface area contributed by atoms with Crippen LogP contribution in [-0.2, 0) is 17.8 Å². The molecule has 1 aliphatic rings. The molecular formula is C12H16O3. The maximum atomic E-state index is 9.98. The van der Waals surface area contributed by atoms with Gasteiger partial charge in [0.05, 0.1) is 19.8 Å². The number of phenolic OH excluding ortho intramolecular Hbond substituents is 1. The Hall–Kier alpha value is -1.22. The first-order chi connectivity index (χ1) is 7.13. The number of fused-ring (bicyclic) bond motifs is 1. The predicted molar refractivity (Wildman–Crippen MR) is 57.4 cm³/mol. The van der Waals surface area contributed by atoms with Gasteiger partial charge in [-0.15, -0.1) is 0 Å². The van der Waals surface area contributed by atoms with Crippen molar-refractivity contribution < 1.29 is 14.6 Å². The topological polar surface area (TPSA) is 38.7 Å². The number of hydrogen-bond donors (Lipinski definition) is 1. The lowest BCUT2D eigenvalue weighted by molar-refractivity contribution is 0.0395. The van der Waals surface area contributed by atoms with Crippen molar-refractivity contribution >= 4 is 0 Å². The number of ether oxygens (including phenoxy) is 2. The highest BCUT2D eigenvalue weighted by Gasteiger charge is 2.21. The van der Waals surface area contributed by atoms with Crippen LogP contribution in [0.25, 0.3) is 0 Å². The second-order valence-corrected chi connectivity index (χ2v) is 4.02. The van der Waals surface area contributed by atoms with E-state index in [1.807, 2.05) is 19.9 Å². The summed E-state index contributed by atoms with van der Waals surface area (Å²) in [5.74, 6) is 1.07. The highest BCUT2D eigenvalue weighted by Crippen LogP contribution is 2.36. The molecule has 0 saturated carbocycles. The SMILES string of the molecule is COc1cc2c(c(O)c1C)CO[C@H](C)C2. The van der Waals surface area contributed by atoms with E-state index in [0.29, 0.717) is 12.4 Å². The highest BCUT2D eigenvalue weighted by atomic mass is 16.5. The summed E-state index contributed by atoms with van der Waals surface area (Å²) in [7, 11) is 1.62. The molecule has 0 unspecified atom stereocenters. The lowest BCUT2D eigenvalue weighted by Crippen LogP contribution is -2.19. The molecule has 3 heteroatoms. The summed E-state index contributed by atoms with van der Waals surface area (Å²) in [5.41, 5.74) is 2.83. The van der Waals surface area contributed by atoms with Crippen LogP contribution in [0.1, 0.15) is 23.6 Å². The zero-order chi connectivity index (χ0) is 11.0. The molecule has 0 spiro atoms. The molecule has 0 aliphatic carbocycles. The quantitative estimate of drug-likeness (QED) is 0.768. The Labute approximate surface area is 89.6 Å². The third kappa shape index (κ3) is 1.67. The molecule has 0 fully saturated rings. The maximum absolute atomic E-state index is 9.98. The summed E-state index contributed by atoms with van der Waals surface area (Å²) >= 11 is 0. The smallest absolute Gasteiger partial charge is 0.127 e. The standard InChI is InChI=1S/C12H16O3/c1-7-4-9-5-11(14-3)8(2)12(13)10(9)6-15-7/h5,7,13H,4,6H2,1-3H3/t7-/m1/s1. The van der Waals surface area contributed by atoms with Gasteiger partial charge >= 0.3 is 0 Å². The molecule has 0 amide bonds. The highest BCUT2D eigenvalue weighted by molar-refractivity contribution is 5.53. The fraction of sp³-hybridized carbons (Fsp3) is 0.500. The molecule has 0 saturated heterocycles. The molecule has 1 aromatic rings. The Morgan fingerprint density at radius 2 is 2.27 bits per heavy atom. The van der Waals surface area contributed by atoms with Crippen molar-refractivity contribution in [3.63, 3.8) is 0 Å². The number of aromatic hydroxyl groups is 1. The van der Waals surface area contributed by atoms with Gasteiger partial charge in [-0.05, 0) is 31.9 Å². The van der Waals surface area contributed by atoms with Gasteiger partial charge in [0.15, 0.2) is 0 Å². The molecule has 1 N–H and O–H groups in total. The number of rotatable bonds is 1. The predicted octanol–water partition coefficient (Wildman–Crippen LogP) is 2.17. The van der Waals surface area contributed by atoms with E-state index in [9.17, 15) is 5.11 Å². The van der Waals surface area contributed by atoms with E-state index in [0.717, 1.165) is 28.9 Å². The van der Waals surface area contributed by atoms with Crippen LogP contribution in [0.15, 0.2) is 6.07 Å². The number of benzene rings is 1. The first kappa shape index (κ1) is 10.3. The average molecular weight is 208 g/mol. The minimum Gasteiger partial charge on any atom is -0.507 e. The normalized spacial score (nSPS) is 19.8. The van der Waals surface area contributed by atoms with Gasteiger partial charge in [-0.2, -0.15) is 0 Å². The molecule has 82 valence electrons. The van der Waals surface area contributed by atoms with Crippen molar-refractivity contribution in [1.82, 2.24) is 0 Å². The van der Waals surface area contributed by atoms with Gasteiger partial charge in [-0.25, -0.2) is 0 Å². The second kappa shape index (κ2) is 3.74. The van der Waals surface area contributed by atoms with Crippen LogP contribution in [-0.4, -0.2) is 18.3 Å². The number of methoxy groups -OCH3 is 1. The first-order valence-electron chi connectivity index (χ1n) is 5.13. The molecule has 0 aromatic heterocycles. The minimum absolute atomic E-state index is 0.212. The van der Waals surface area contributed by atoms with E-state index in [2.05, 4.69) is 0 Å². The fourth-order valence-electron chi connectivity index (χ4n) is 2.00. The van der Waals surface area contributed by atoms with E-state index < -0.39 is 0 Å². The molecule has 1 heterocycles. The Balaban J connectivity index is 2.52. The lowest BCUT2D eigenvalue weighted by Gasteiger charge is -2.24. The Bertz CT molecular complexity index is 385. The average Bonchev–Trinajstić information content (AvgIpc) is 2.23. The Morgan fingerprint density at radius 1 is 1.53 bits per heavy atom. The Morgan fingerprint density at radius 3 is 2.93 bits per heavy atom. The molecule has 1 aliphatic heterocycles. The van der Waals surface area contributed by atoms with Crippen LogP contribution in [0, 0.1) is 6.92 Å². The maximum Gasteiger partial charge on any atom is 0.127 e. The zero-order valence-corrected chi connectivity index (χ0v) is 9.33. The largest absolute Gasteiger partial charge is 0.507 e. The monoisotopic (exact) mass is 208 g/mol. The van der Waals surface area contributed by atoms with Crippen molar-refractivity contribution in [3.05, 3.63) is 22.8 Å². The van der Waals surface area contributed by atoms with E-state index in [-0.39, 0.29) is 6.10 Å². The van der Waals surface area contributed by atoms with Crippen LogP contribution in [0.4, 0.5) is 0 Å². The van der Waals surface area contributed by atoms with Crippen LogP contribution >= 0.6 is 0 Å². The molecule has 15 heavy (non-hydrogen) atoms. The first-order valence-corrected chi connectivity index (χ1v) is 5.13. The number of hydrogen-bond acceptors (Lipinski definition) is 3. The third-order valence-corrected chi connectivity index (χ3v) is 2.94. The molecule has 3 nitrogen and oxygen atoms in total. The molecule has 0 radical (unpaired) electrons. The second-order valence-electron chi connectivity index (χ2n) is 4.02. The fourth-order valence-corrected chi connectivity index (χ4v) is 2.00. The van der Waals surface area contributed by atoms with Gasteiger partial charge < -0.3 is 14.6 Å². The van der Waals surface area contributed by atoms with Crippen molar-refractivity contribution in [3.8, 4) is 11.5 Å². The summed E-state index contributed by atoms with van der Waals surface area (Å²) in [6, 6.07) is 2.00. The molecular weight excluding hydrogens is 192 g/mol. The Kier molecular flexibility index (Phi) is 2.57. The minimum atomic E-state index is 0.212. The van der Waals surface area contributed by atoms with Gasteiger partial charge in [0.25, 0.3) is 0 Å². The summed E-state index contributed by atoms with van der Waals surface area (Å²) in [5, 5.41) is 9.98. The summed E-state index contributed by atoms with van der Waals surface area (Å²) in [6.07, 6.45) is 1.05. The van der Waals surface area contributed by atoms with Crippen molar-refractivity contribution in [2.24, 2.45) is 0 Å². The third-order valence-electron chi connectivity index (χ3n) is 2.94. The van der Waals surface area contributed by atoms with Crippen LogP contribution in [0.2, 0.25) is 0 Å². The van der Waals surface area contributed by atoms with Crippen molar-refractivity contribution in [1.29, 1.82) is 0 Å². The van der Waals surface area contributed by atoms with E-state index in [1.54, 1.807) is 7.11 Å². The summed E-state index contributed by atoms with van der Waals surface area (Å²) in [4.78, 5) is 0. The van der Waals surface area contributed by atoms with Gasteiger partial charge in [0, 0.05) is 11.1 Å². The van der Waals surface area contributed by atoms with Crippen LogP contribution < -0.4 is 4.74 Å².